The molecule has 2 N–H and O–H groups in total. The van der Waals surface area contributed by atoms with E-state index in [9.17, 15) is 9.59 Å². The fraction of sp³-hybridized carbons (Fsp3) is 0.556. The lowest BCUT2D eigenvalue weighted by Crippen LogP contribution is -2.13. The minimum atomic E-state index is -1.12. The third-order valence-corrected chi connectivity index (χ3v) is 1.46. The molecule has 14 heavy (non-hydrogen) atoms. The largest absolute Gasteiger partial charge is 0.478 e. The summed E-state index contributed by atoms with van der Waals surface area (Å²) in [6, 6.07) is 0. The summed E-state index contributed by atoms with van der Waals surface area (Å²) in [5, 5.41) is 17.1. The molecule has 0 spiro atoms. The zero-order chi connectivity index (χ0) is 11.1. The lowest BCUT2D eigenvalue weighted by Gasteiger charge is -2.06. The number of carbonyl (C=O) groups is 2. The van der Waals surface area contributed by atoms with Crippen LogP contribution in [0, 0.1) is 0 Å². The van der Waals surface area contributed by atoms with Crippen LogP contribution in [0.1, 0.15) is 26.2 Å². The standard InChI is InChI=1S/C9H14O5/c1-6(9(12)13)4-3-5-8(11)14-7(2)10/h7,10H,1,3-5H2,2H3,(H,12,13). The van der Waals surface area contributed by atoms with Gasteiger partial charge in [-0.1, -0.05) is 6.58 Å². The summed E-state index contributed by atoms with van der Waals surface area (Å²) < 4.78 is 4.43. The summed E-state index contributed by atoms with van der Waals surface area (Å²) in [5.41, 5.74) is 0.0647. The maximum absolute atomic E-state index is 10.8. The first kappa shape index (κ1) is 12.6. The lowest BCUT2D eigenvalue weighted by atomic mass is 10.1. The molecule has 0 aliphatic heterocycles. The van der Waals surface area contributed by atoms with Gasteiger partial charge in [0.15, 0.2) is 6.29 Å². The van der Waals surface area contributed by atoms with E-state index >= 15 is 0 Å². The fourth-order valence-corrected chi connectivity index (χ4v) is 0.802. The molecule has 0 fully saturated rings. The SMILES string of the molecule is C=C(CCCC(=O)OC(C)O)C(=O)O. The van der Waals surface area contributed by atoms with E-state index in [1.54, 1.807) is 0 Å². The van der Waals surface area contributed by atoms with Gasteiger partial charge in [0.1, 0.15) is 0 Å². The van der Waals surface area contributed by atoms with Crippen LogP contribution in [0.25, 0.3) is 0 Å². The molecule has 1 unspecified atom stereocenters. The Morgan fingerprint density at radius 1 is 1.43 bits per heavy atom. The van der Waals surface area contributed by atoms with Crippen molar-refractivity contribution in [2.45, 2.75) is 32.5 Å². The Hall–Kier alpha value is -1.36. The van der Waals surface area contributed by atoms with Gasteiger partial charge in [0.2, 0.25) is 0 Å². The zero-order valence-corrected chi connectivity index (χ0v) is 8.02. The van der Waals surface area contributed by atoms with E-state index in [0.29, 0.717) is 6.42 Å². The summed E-state index contributed by atoms with van der Waals surface area (Å²) in [7, 11) is 0. The van der Waals surface area contributed by atoms with Crippen molar-refractivity contribution in [2.24, 2.45) is 0 Å². The highest BCUT2D eigenvalue weighted by Crippen LogP contribution is 2.06. The quantitative estimate of drug-likeness (QED) is 0.376. The van der Waals surface area contributed by atoms with Crippen LogP contribution in [0.5, 0.6) is 0 Å². The fourth-order valence-electron chi connectivity index (χ4n) is 0.802. The van der Waals surface area contributed by atoms with Crippen LogP contribution in [0.15, 0.2) is 12.2 Å². The van der Waals surface area contributed by atoms with Crippen LogP contribution < -0.4 is 0 Å². The molecular formula is C9H14O5. The smallest absolute Gasteiger partial charge is 0.330 e. The summed E-state index contributed by atoms with van der Waals surface area (Å²) in [6.45, 7) is 4.64. The van der Waals surface area contributed by atoms with E-state index in [0.717, 1.165) is 0 Å². The number of aliphatic hydroxyl groups excluding tert-OH is 1. The predicted octanol–water partition coefficient (Wildman–Crippen LogP) is 0.679. The van der Waals surface area contributed by atoms with Crippen molar-refractivity contribution in [2.75, 3.05) is 0 Å². The van der Waals surface area contributed by atoms with E-state index in [1.807, 2.05) is 0 Å². The van der Waals surface area contributed by atoms with Gasteiger partial charge in [0, 0.05) is 12.0 Å². The predicted molar refractivity (Wildman–Crippen MR) is 48.4 cm³/mol. The van der Waals surface area contributed by atoms with Crippen LogP contribution in [0.3, 0.4) is 0 Å². The molecule has 5 nitrogen and oxygen atoms in total. The Bertz CT molecular complexity index is 231. The molecule has 0 aromatic heterocycles. The Labute approximate surface area is 82.0 Å². The molecule has 0 aromatic rings. The van der Waals surface area contributed by atoms with Gasteiger partial charge in [0.05, 0.1) is 0 Å². The zero-order valence-electron chi connectivity index (χ0n) is 8.02. The van der Waals surface area contributed by atoms with Crippen molar-refractivity contribution >= 4 is 11.9 Å². The molecule has 1 atom stereocenters. The number of aliphatic carboxylic acids is 1. The maximum atomic E-state index is 10.8. The van der Waals surface area contributed by atoms with E-state index in [4.69, 9.17) is 10.2 Å². The van der Waals surface area contributed by atoms with Gasteiger partial charge in [-0.3, -0.25) is 4.79 Å². The van der Waals surface area contributed by atoms with Gasteiger partial charge in [-0.2, -0.15) is 0 Å². The van der Waals surface area contributed by atoms with Crippen molar-refractivity contribution in [1.82, 2.24) is 0 Å². The Kier molecular flexibility index (Phi) is 5.55. The monoisotopic (exact) mass is 202 g/mol. The molecule has 0 aliphatic carbocycles. The highest BCUT2D eigenvalue weighted by molar-refractivity contribution is 5.85. The van der Waals surface area contributed by atoms with Crippen LogP contribution in [0.4, 0.5) is 0 Å². The van der Waals surface area contributed by atoms with E-state index in [1.165, 1.54) is 6.92 Å². The third-order valence-electron chi connectivity index (χ3n) is 1.46. The average Bonchev–Trinajstić information content (AvgIpc) is 2.02. The van der Waals surface area contributed by atoms with Gasteiger partial charge in [-0.05, 0) is 19.8 Å². The van der Waals surface area contributed by atoms with E-state index in [-0.39, 0.29) is 18.4 Å². The molecule has 0 aliphatic rings. The summed E-state index contributed by atoms with van der Waals surface area (Å²) >= 11 is 0. The minimum absolute atomic E-state index is 0.0647. The molecule has 0 amide bonds. The first-order valence-electron chi connectivity index (χ1n) is 4.22. The number of aliphatic hydroxyl groups is 1. The average molecular weight is 202 g/mol. The maximum Gasteiger partial charge on any atom is 0.330 e. The van der Waals surface area contributed by atoms with Gasteiger partial charge in [-0.25, -0.2) is 4.79 Å². The molecule has 0 bridgehead atoms. The Morgan fingerprint density at radius 3 is 2.43 bits per heavy atom. The second-order valence-electron chi connectivity index (χ2n) is 2.85. The van der Waals surface area contributed by atoms with Gasteiger partial charge < -0.3 is 14.9 Å². The number of carbonyl (C=O) groups excluding carboxylic acids is 1. The highest BCUT2D eigenvalue weighted by atomic mass is 16.6. The van der Waals surface area contributed by atoms with Crippen molar-refractivity contribution in [3.05, 3.63) is 12.2 Å². The summed E-state index contributed by atoms with van der Waals surface area (Å²) in [5.74, 6) is -1.60. The summed E-state index contributed by atoms with van der Waals surface area (Å²) in [4.78, 5) is 21.1. The first-order valence-corrected chi connectivity index (χ1v) is 4.22. The normalized spacial score (nSPS) is 11.9. The van der Waals surface area contributed by atoms with Crippen LogP contribution in [0.2, 0.25) is 0 Å². The van der Waals surface area contributed by atoms with Gasteiger partial charge >= 0.3 is 11.9 Å². The molecule has 5 heteroatoms. The van der Waals surface area contributed by atoms with E-state index in [2.05, 4.69) is 11.3 Å². The molecule has 0 saturated heterocycles. The van der Waals surface area contributed by atoms with Crippen molar-refractivity contribution < 1.29 is 24.5 Å². The Morgan fingerprint density at radius 2 is 2.00 bits per heavy atom. The number of rotatable bonds is 6. The first-order chi connectivity index (χ1) is 6.43. The van der Waals surface area contributed by atoms with Crippen LogP contribution in [-0.4, -0.2) is 28.4 Å². The lowest BCUT2D eigenvalue weighted by molar-refractivity contribution is -0.164. The molecular weight excluding hydrogens is 188 g/mol. The van der Waals surface area contributed by atoms with E-state index < -0.39 is 18.2 Å². The molecule has 0 aromatic carbocycles. The van der Waals surface area contributed by atoms with Crippen molar-refractivity contribution in [1.29, 1.82) is 0 Å². The second kappa shape index (κ2) is 6.15. The molecule has 0 radical (unpaired) electrons. The molecule has 0 heterocycles. The number of hydrogen-bond acceptors (Lipinski definition) is 4. The highest BCUT2D eigenvalue weighted by Gasteiger charge is 2.08. The van der Waals surface area contributed by atoms with Gasteiger partial charge in [-0.15, -0.1) is 0 Å². The number of carboxylic acids is 1. The van der Waals surface area contributed by atoms with Crippen LogP contribution >= 0.6 is 0 Å². The van der Waals surface area contributed by atoms with Gasteiger partial charge in [0.25, 0.3) is 0 Å². The van der Waals surface area contributed by atoms with Crippen LogP contribution in [-0.2, 0) is 14.3 Å². The third kappa shape index (κ3) is 6.19. The van der Waals surface area contributed by atoms with Crippen molar-refractivity contribution in [3.63, 3.8) is 0 Å². The second-order valence-corrected chi connectivity index (χ2v) is 2.85. The number of ether oxygens (including phenoxy) is 1. The number of hydrogen-bond donors (Lipinski definition) is 2. The Balaban J connectivity index is 3.59. The molecule has 0 saturated carbocycles. The minimum Gasteiger partial charge on any atom is -0.478 e. The topological polar surface area (TPSA) is 83.8 Å². The summed E-state index contributed by atoms with van der Waals surface area (Å²) in [6.07, 6.45) is -0.442. The number of esters is 1. The number of carboxylic acid groups (broad SMARTS) is 1. The molecule has 80 valence electrons. The molecule has 0 rings (SSSR count). The van der Waals surface area contributed by atoms with Crippen molar-refractivity contribution in [3.8, 4) is 0 Å².